The summed E-state index contributed by atoms with van der Waals surface area (Å²) in [6, 6.07) is 3.15. The topological polar surface area (TPSA) is 59.1 Å². The minimum absolute atomic E-state index is 0.244. The lowest BCUT2D eigenvalue weighted by Crippen LogP contribution is -2.37. The molecule has 23 heavy (non-hydrogen) atoms. The average molecular weight is 361 g/mol. The second-order valence-electron chi connectivity index (χ2n) is 5.04. The van der Waals surface area contributed by atoms with E-state index >= 15 is 0 Å². The second kappa shape index (κ2) is 7.75. The minimum Gasteiger partial charge on any atom is -0.494 e. The third-order valence-corrected chi connectivity index (χ3v) is 4.31. The van der Waals surface area contributed by atoms with Crippen molar-refractivity contribution in [3.8, 4) is 5.75 Å². The molecule has 1 aromatic carbocycles. The Hall–Kier alpha value is -1.66. The van der Waals surface area contributed by atoms with E-state index in [1.807, 2.05) is 0 Å². The van der Waals surface area contributed by atoms with Crippen LogP contribution < -0.4 is 4.74 Å². The number of ether oxygens (including phenoxy) is 2. The van der Waals surface area contributed by atoms with Gasteiger partial charge >= 0.3 is 6.09 Å². The van der Waals surface area contributed by atoms with E-state index < -0.39 is 6.09 Å². The Bertz CT molecular complexity index is 609. The first-order valence-electron chi connectivity index (χ1n) is 7.13. The lowest BCUT2D eigenvalue weighted by molar-refractivity contribution is 0.0754. The van der Waals surface area contributed by atoms with Gasteiger partial charge in [-0.05, 0) is 18.6 Å². The fourth-order valence-corrected chi connectivity index (χ4v) is 2.99. The SMILES string of the molecule is COC(=O)N1CCCN(C(=O)c2c(Cl)ccc(Cl)c2OC)CC1. The number of benzene rings is 1. The maximum atomic E-state index is 12.8. The zero-order chi connectivity index (χ0) is 17.0. The highest BCUT2D eigenvalue weighted by atomic mass is 35.5. The highest BCUT2D eigenvalue weighted by molar-refractivity contribution is 6.37. The van der Waals surface area contributed by atoms with Gasteiger partial charge in [0.1, 0.15) is 5.56 Å². The summed E-state index contributed by atoms with van der Waals surface area (Å²) in [4.78, 5) is 27.6. The summed E-state index contributed by atoms with van der Waals surface area (Å²) in [5.41, 5.74) is 0.244. The number of rotatable bonds is 2. The number of methoxy groups -OCH3 is 2. The molecule has 6 nitrogen and oxygen atoms in total. The van der Waals surface area contributed by atoms with E-state index in [1.54, 1.807) is 21.9 Å². The number of hydrogen-bond acceptors (Lipinski definition) is 4. The standard InChI is InChI=1S/C15H18Cl2N2O4/c1-22-13-11(17)5-4-10(16)12(13)14(20)18-6-3-7-19(9-8-18)15(21)23-2/h4-5H,3,6-9H2,1-2H3. The van der Waals surface area contributed by atoms with Crippen LogP contribution in [0.1, 0.15) is 16.8 Å². The quantitative estimate of drug-likeness (QED) is 0.813. The van der Waals surface area contributed by atoms with Crippen LogP contribution in [0.15, 0.2) is 12.1 Å². The molecule has 0 atom stereocenters. The average Bonchev–Trinajstić information content (AvgIpc) is 2.81. The summed E-state index contributed by atoms with van der Waals surface area (Å²) in [5.74, 6) is -0.000645. The Labute approximate surface area is 144 Å². The highest BCUT2D eigenvalue weighted by Crippen LogP contribution is 2.34. The van der Waals surface area contributed by atoms with Gasteiger partial charge in [0.05, 0.1) is 24.3 Å². The number of amides is 2. The van der Waals surface area contributed by atoms with Gasteiger partial charge in [-0.3, -0.25) is 4.79 Å². The molecule has 1 saturated heterocycles. The zero-order valence-electron chi connectivity index (χ0n) is 13.0. The molecule has 0 saturated carbocycles. The molecular weight excluding hydrogens is 343 g/mol. The van der Waals surface area contributed by atoms with E-state index in [2.05, 4.69) is 0 Å². The molecule has 1 aromatic rings. The molecule has 0 radical (unpaired) electrons. The minimum atomic E-state index is -0.391. The summed E-state index contributed by atoms with van der Waals surface area (Å²) in [7, 11) is 2.78. The van der Waals surface area contributed by atoms with Crippen molar-refractivity contribution in [2.45, 2.75) is 6.42 Å². The molecule has 8 heteroatoms. The van der Waals surface area contributed by atoms with Gasteiger partial charge in [-0.2, -0.15) is 0 Å². The molecule has 1 aliphatic heterocycles. The van der Waals surface area contributed by atoms with E-state index in [0.29, 0.717) is 37.6 Å². The predicted molar refractivity (Wildman–Crippen MR) is 87.5 cm³/mol. The number of nitrogens with zero attached hydrogens (tertiary/aromatic N) is 2. The molecule has 2 amide bonds. The number of hydrogen-bond donors (Lipinski definition) is 0. The molecule has 0 N–H and O–H groups in total. The molecule has 0 unspecified atom stereocenters. The molecule has 0 aromatic heterocycles. The Morgan fingerprint density at radius 1 is 1.00 bits per heavy atom. The second-order valence-corrected chi connectivity index (χ2v) is 5.85. The van der Waals surface area contributed by atoms with Gasteiger partial charge < -0.3 is 19.3 Å². The van der Waals surface area contributed by atoms with Gasteiger partial charge in [0.2, 0.25) is 0 Å². The predicted octanol–water partition coefficient (Wildman–Crippen LogP) is 2.92. The number of carbonyl (C=O) groups excluding carboxylic acids is 2. The summed E-state index contributed by atoms with van der Waals surface area (Å²) in [5, 5.41) is 0.608. The van der Waals surface area contributed by atoms with Crippen molar-refractivity contribution < 1.29 is 19.1 Å². The molecule has 2 rings (SSSR count). The van der Waals surface area contributed by atoms with Gasteiger partial charge in [0, 0.05) is 26.2 Å². The van der Waals surface area contributed by atoms with Crippen molar-refractivity contribution in [1.82, 2.24) is 9.80 Å². The number of carbonyl (C=O) groups is 2. The lowest BCUT2D eigenvalue weighted by atomic mass is 10.1. The normalized spacial score (nSPS) is 15.1. The Morgan fingerprint density at radius 2 is 1.61 bits per heavy atom. The molecule has 1 fully saturated rings. The third kappa shape index (κ3) is 3.82. The van der Waals surface area contributed by atoms with Crippen LogP contribution in [0, 0.1) is 0 Å². The van der Waals surface area contributed by atoms with Gasteiger partial charge in [0.25, 0.3) is 5.91 Å². The summed E-state index contributed by atoms with van der Waals surface area (Å²) < 4.78 is 9.95. The molecule has 1 aliphatic rings. The van der Waals surface area contributed by atoms with Crippen molar-refractivity contribution in [2.75, 3.05) is 40.4 Å². The van der Waals surface area contributed by atoms with Crippen molar-refractivity contribution in [3.63, 3.8) is 0 Å². The third-order valence-electron chi connectivity index (χ3n) is 3.69. The van der Waals surface area contributed by atoms with Gasteiger partial charge in [-0.25, -0.2) is 4.79 Å². The van der Waals surface area contributed by atoms with E-state index in [0.717, 1.165) is 0 Å². The van der Waals surface area contributed by atoms with E-state index in [1.165, 1.54) is 14.2 Å². The Morgan fingerprint density at radius 3 is 2.26 bits per heavy atom. The van der Waals surface area contributed by atoms with Crippen molar-refractivity contribution in [2.24, 2.45) is 0 Å². The first-order valence-corrected chi connectivity index (χ1v) is 7.89. The maximum absolute atomic E-state index is 12.8. The van der Waals surface area contributed by atoms with Crippen molar-refractivity contribution in [1.29, 1.82) is 0 Å². The molecule has 0 aliphatic carbocycles. The number of halogens is 2. The van der Waals surface area contributed by atoms with Crippen LogP contribution in [0.5, 0.6) is 5.75 Å². The van der Waals surface area contributed by atoms with Crippen LogP contribution in [-0.2, 0) is 4.74 Å². The van der Waals surface area contributed by atoms with Crippen LogP contribution in [0.2, 0.25) is 10.0 Å². The highest BCUT2D eigenvalue weighted by Gasteiger charge is 2.27. The Kier molecular flexibility index (Phi) is 5.96. The van der Waals surface area contributed by atoms with E-state index in [-0.39, 0.29) is 22.2 Å². The van der Waals surface area contributed by atoms with E-state index in [4.69, 9.17) is 32.7 Å². The molecule has 0 bridgehead atoms. The van der Waals surface area contributed by atoms with Crippen molar-refractivity contribution >= 4 is 35.2 Å². The van der Waals surface area contributed by atoms with Crippen LogP contribution >= 0.6 is 23.2 Å². The largest absolute Gasteiger partial charge is 0.494 e. The molecule has 126 valence electrons. The van der Waals surface area contributed by atoms with Crippen LogP contribution in [-0.4, -0.2) is 62.2 Å². The van der Waals surface area contributed by atoms with Crippen LogP contribution in [0.3, 0.4) is 0 Å². The fraction of sp³-hybridized carbons (Fsp3) is 0.467. The van der Waals surface area contributed by atoms with Gasteiger partial charge in [0.15, 0.2) is 5.75 Å². The Balaban J connectivity index is 2.21. The zero-order valence-corrected chi connectivity index (χ0v) is 14.5. The fourth-order valence-electron chi connectivity index (χ4n) is 2.52. The van der Waals surface area contributed by atoms with Crippen molar-refractivity contribution in [3.05, 3.63) is 27.7 Å². The summed E-state index contributed by atoms with van der Waals surface area (Å²) in [6.07, 6.45) is 0.263. The first-order chi connectivity index (χ1) is 11.0. The molecule has 1 heterocycles. The molecule has 0 spiro atoms. The maximum Gasteiger partial charge on any atom is 0.409 e. The smallest absolute Gasteiger partial charge is 0.409 e. The summed E-state index contributed by atoms with van der Waals surface area (Å²) in [6.45, 7) is 1.84. The van der Waals surface area contributed by atoms with Gasteiger partial charge in [-0.15, -0.1) is 0 Å². The van der Waals surface area contributed by atoms with Gasteiger partial charge in [-0.1, -0.05) is 23.2 Å². The van der Waals surface area contributed by atoms with Crippen LogP contribution in [0.4, 0.5) is 4.79 Å². The van der Waals surface area contributed by atoms with E-state index in [9.17, 15) is 9.59 Å². The molecular formula is C15H18Cl2N2O4. The monoisotopic (exact) mass is 360 g/mol. The summed E-state index contributed by atoms with van der Waals surface area (Å²) >= 11 is 12.2. The van der Waals surface area contributed by atoms with Crippen LogP contribution in [0.25, 0.3) is 0 Å². The first kappa shape index (κ1) is 17.7. The lowest BCUT2D eigenvalue weighted by Gasteiger charge is -2.23.